The Kier molecular flexibility index (Phi) is 4.62. The molecule has 1 atom stereocenters. The first-order valence-electron chi connectivity index (χ1n) is 5.73. The monoisotopic (exact) mass is 285 g/mol. The maximum Gasteiger partial charge on any atom is 0.0694 e. The normalized spacial score (nSPS) is 12.9. The largest absolute Gasteiger partial charge is 0.306 e. The Morgan fingerprint density at radius 2 is 2.24 bits per heavy atom. The molecule has 1 nitrogen and oxygen atoms in total. The summed E-state index contributed by atoms with van der Waals surface area (Å²) >= 11 is 9.76. The maximum absolute atomic E-state index is 6.24. The van der Waals surface area contributed by atoms with Crippen LogP contribution in [0.3, 0.4) is 0 Å². The number of aryl methyl sites for hydroxylation is 1. The minimum Gasteiger partial charge on any atom is -0.306 e. The highest BCUT2D eigenvalue weighted by Gasteiger charge is 2.18. The first-order valence-corrected chi connectivity index (χ1v) is 7.87. The van der Waals surface area contributed by atoms with Crippen LogP contribution in [0.15, 0.2) is 22.9 Å². The Morgan fingerprint density at radius 1 is 1.41 bits per heavy atom. The quantitative estimate of drug-likeness (QED) is 0.827. The molecule has 2 heterocycles. The molecule has 17 heavy (non-hydrogen) atoms. The molecular weight excluding hydrogens is 270 g/mol. The number of hydrogen-bond acceptors (Lipinski definition) is 3. The van der Waals surface area contributed by atoms with E-state index in [1.54, 1.807) is 22.7 Å². The van der Waals surface area contributed by atoms with Gasteiger partial charge in [0.15, 0.2) is 0 Å². The molecule has 0 bridgehead atoms. The fourth-order valence-corrected chi connectivity index (χ4v) is 3.77. The van der Waals surface area contributed by atoms with Crippen LogP contribution < -0.4 is 5.32 Å². The summed E-state index contributed by atoms with van der Waals surface area (Å²) in [5.41, 5.74) is 1.32. The van der Waals surface area contributed by atoms with Crippen molar-refractivity contribution in [1.82, 2.24) is 5.32 Å². The van der Waals surface area contributed by atoms with Crippen molar-refractivity contribution in [2.75, 3.05) is 6.54 Å². The molecule has 0 aliphatic rings. The van der Waals surface area contributed by atoms with Gasteiger partial charge in [-0.1, -0.05) is 18.5 Å². The summed E-state index contributed by atoms with van der Waals surface area (Å²) < 4.78 is 0. The SMILES string of the molecule is CCCNC(c1csc(C)c1)c1sccc1Cl. The average molecular weight is 286 g/mol. The molecule has 0 aliphatic carbocycles. The van der Waals surface area contributed by atoms with E-state index in [-0.39, 0.29) is 6.04 Å². The summed E-state index contributed by atoms with van der Waals surface area (Å²) in [6, 6.07) is 4.46. The highest BCUT2D eigenvalue weighted by atomic mass is 35.5. The van der Waals surface area contributed by atoms with Crippen LogP contribution in [0.2, 0.25) is 5.02 Å². The van der Waals surface area contributed by atoms with Crippen molar-refractivity contribution in [1.29, 1.82) is 0 Å². The first-order chi connectivity index (χ1) is 8.22. The molecule has 92 valence electrons. The minimum absolute atomic E-state index is 0.243. The molecule has 4 heteroatoms. The third-order valence-electron chi connectivity index (χ3n) is 2.59. The molecule has 2 rings (SSSR count). The van der Waals surface area contributed by atoms with Gasteiger partial charge >= 0.3 is 0 Å². The Morgan fingerprint density at radius 3 is 2.76 bits per heavy atom. The zero-order chi connectivity index (χ0) is 12.3. The van der Waals surface area contributed by atoms with E-state index < -0.39 is 0 Å². The van der Waals surface area contributed by atoms with Crippen molar-refractivity contribution < 1.29 is 0 Å². The summed E-state index contributed by atoms with van der Waals surface area (Å²) in [6.07, 6.45) is 1.13. The molecule has 1 N–H and O–H groups in total. The van der Waals surface area contributed by atoms with Gasteiger partial charge in [0.1, 0.15) is 0 Å². The maximum atomic E-state index is 6.24. The summed E-state index contributed by atoms with van der Waals surface area (Å²) in [5.74, 6) is 0. The molecular formula is C13H16ClNS2. The Balaban J connectivity index is 2.28. The van der Waals surface area contributed by atoms with Crippen LogP contribution in [-0.2, 0) is 0 Å². The number of nitrogens with one attached hydrogen (secondary N) is 1. The number of hydrogen-bond donors (Lipinski definition) is 1. The van der Waals surface area contributed by atoms with Gasteiger partial charge in [-0.25, -0.2) is 0 Å². The predicted octanol–water partition coefficient (Wildman–Crippen LogP) is 4.86. The van der Waals surface area contributed by atoms with Crippen LogP contribution in [0.1, 0.15) is 34.7 Å². The van der Waals surface area contributed by atoms with E-state index in [1.807, 2.05) is 6.07 Å². The van der Waals surface area contributed by atoms with E-state index in [2.05, 4.69) is 36.0 Å². The zero-order valence-electron chi connectivity index (χ0n) is 10.00. The summed E-state index contributed by atoms with van der Waals surface area (Å²) in [6.45, 7) is 5.33. The molecule has 0 aliphatic heterocycles. The van der Waals surface area contributed by atoms with Crippen LogP contribution in [0.4, 0.5) is 0 Å². The van der Waals surface area contributed by atoms with E-state index >= 15 is 0 Å². The highest BCUT2D eigenvalue weighted by Crippen LogP contribution is 2.34. The summed E-state index contributed by atoms with van der Waals surface area (Å²) in [7, 11) is 0. The Bertz CT molecular complexity index is 475. The third kappa shape index (κ3) is 3.10. The van der Waals surface area contributed by atoms with Crippen molar-refractivity contribution in [3.8, 4) is 0 Å². The molecule has 0 aromatic carbocycles. The van der Waals surface area contributed by atoms with Gasteiger partial charge in [0.05, 0.1) is 11.1 Å². The van der Waals surface area contributed by atoms with Gasteiger partial charge in [-0.2, -0.15) is 0 Å². The molecule has 0 saturated carbocycles. The summed E-state index contributed by atoms with van der Waals surface area (Å²) in [4.78, 5) is 2.56. The lowest BCUT2D eigenvalue weighted by Crippen LogP contribution is -2.22. The highest BCUT2D eigenvalue weighted by molar-refractivity contribution is 7.11. The molecule has 2 aromatic rings. The van der Waals surface area contributed by atoms with Crippen molar-refractivity contribution in [2.24, 2.45) is 0 Å². The van der Waals surface area contributed by atoms with Crippen LogP contribution in [-0.4, -0.2) is 6.54 Å². The number of thiophene rings is 2. The first kappa shape index (κ1) is 13.1. The topological polar surface area (TPSA) is 12.0 Å². The lowest BCUT2D eigenvalue weighted by molar-refractivity contribution is 0.607. The van der Waals surface area contributed by atoms with Crippen molar-refractivity contribution in [3.05, 3.63) is 43.2 Å². The fraction of sp³-hybridized carbons (Fsp3) is 0.385. The lowest BCUT2D eigenvalue weighted by atomic mass is 10.1. The molecule has 0 amide bonds. The van der Waals surface area contributed by atoms with Crippen molar-refractivity contribution in [2.45, 2.75) is 26.3 Å². The van der Waals surface area contributed by atoms with E-state index in [0.717, 1.165) is 18.0 Å². The smallest absolute Gasteiger partial charge is 0.0694 e. The fourth-order valence-electron chi connectivity index (χ4n) is 1.78. The average Bonchev–Trinajstić information content (AvgIpc) is 2.90. The standard InChI is InChI=1S/C13H16ClNS2/c1-3-5-15-12(10-7-9(2)17-8-10)13-11(14)4-6-16-13/h4,6-8,12,15H,3,5H2,1-2H3. The van der Waals surface area contributed by atoms with Gasteiger partial charge in [0.2, 0.25) is 0 Å². The van der Waals surface area contributed by atoms with Gasteiger partial charge in [-0.3, -0.25) is 0 Å². The second-order valence-corrected chi connectivity index (χ2v) is 6.48. The molecule has 0 saturated heterocycles. The van der Waals surface area contributed by atoms with Crippen LogP contribution >= 0.6 is 34.3 Å². The van der Waals surface area contributed by atoms with Crippen LogP contribution in [0.5, 0.6) is 0 Å². The summed E-state index contributed by atoms with van der Waals surface area (Å²) in [5, 5.41) is 8.72. The lowest BCUT2D eigenvalue weighted by Gasteiger charge is -2.16. The van der Waals surface area contributed by atoms with Gasteiger partial charge in [0.25, 0.3) is 0 Å². The van der Waals surface area contributed by atoms with Gasteiger partial charge < -0.3 is 5.32 Å². The minimum atomic E-state index is 0.243. The van der Waals surface area contributed by atoms with E-state index in [9.17, 15) is 0 Å². The molecule has 1 unspecified atom stereocenters. The molecule has 0 radical (unpaired) electrons. The number of rotatable bonds is 5. The second-order valence-electron chi connectivity index (χ2n) is 4.01. The molecule has 2 aromatic heterocycles. The molecule has 0 spiro atoms. The van der Waals surface area contributed by atoms with E-state index in [1.165, 1.54) is 15.3 Å². The van der Waals surface area contributed by atoms with Crippen LogP contribution in [0, 0.1) is 6.92 Å². The van der Waals surface area contributed by atoms with E-state index in [4.69, 9.17) is 11.6 Å². The predicted molar refractivity (Wildman–Crippen MR) is 78.5 cm³/mol. The zero-order valence-corrected chi connectivity index (χ0v) is 12.4. The van der Waals surface area contributed by atoms with Crippen LogP contribution in [0.25, 0.3) is 0 Å². The Labute approximate surface area is 115 Å². The van der Waals surface area contributed by atoms with E-state index in [0.29, 0.717) is 0 Å². The number of halogens is 1. The van der Waals surface area contributed by atoms with Crippen molar-refractivity contribution >= 4 is 34.3 Å². The van der Waals surface area contributed by atoms with Crippen molar-refractivity contribution in [3.63, 3.8) is 0 Å². The van der Waals surface area contributed by atoms with Gasteiger partial charge in [-0.15, -0.1) is 22.7 Å². The van der Waals surface area contributed by atoms with Gasteiger partial charge in [-0.05, 0) is 48.3 Å². The third-order valence-corrected chi connectivity index (χ3v) is 4.89. The van der Waals surface area contributed by atoms with Gasteiger partial charge in [0, 0.05) is 9.75 Å². The molecule has 0 fully saturated rings. The second kappa shape index (κ2) is 6.01. The Hall–Kier alpha value is -0.350.